The highest BCUT2D eigenvalue weighted by Gasteiger charge is 2.21. The molecular formula is C17H19N3O4S. The van der Waals surface area contributed by atoms with Gasteiger partial charge in [-0.25, -0.2) is 0 Å². The van der Waals surface area contributed by atoms with Crippen molar-refractivity contribution in [3.05, 3.63) is 28.8 Å². The molecule has 0 saturated carbocycles. The first-order chi connectivity index (χ1) is 12.1. The van der Waals surface area contributed by atoms with Gasteiger partial charge in [0.05, 0.1) is 39.2 Å². The van der Waals surface area contributed by atoms with Crippen LogP contribution in [0.4, 0.5) is 5.13 Å². The molecule has 25 heavy (non-hydrogen) atoms. The molecule has 2 aromatic carbocycles. The van der Waals surface area contributed by atoms with Gasteiger partial charge in [0.2, 0.25) is 5.13 Å². The fourth-order valence-corrected chi connectivity index (χ4v) is 3.49. The van der Waals surface area contributed by atoms with Gasteiger partial charge in [-0.2, -0.15) is 0 Å². The summed E-state index contributed by atoms with van der Waals surface area (Å²) < 4.78 is 22.4. The minimum Gasteiger partial charge on any atom is -0.496 e. The summed E-state index contributed by atoms with van der Waals surface area (Å²) in [7, 11) is 6.47. The zero-order valence-electron chi connectivity index (χ0n) is 14.5. The number of nitrogens with zero attached hydrogens (tertiary/aromatic N) is 2. The number of ether oxygens (including phenoxy) is 4. The Labute approximate surface area is 149 Å². The van der Waals surface area contributed by atoms with Gasteiger partial charge in [0.25, 0.3) is 0 Å². The Hall–Kier alpha value is -2.74. The average Bonchev–Trinajstić information content (AvgIpc) is 3.04. The molecule has 0 unspecified atom stereocenters. The van der Waals surface area contributed by atoms with E-state index in [4.69, 9.17) is 24.7 Å². The Morgan fingerprint density at radius 2 is 1.52 bits per heavy atom. The normalized spacial score (nSPS) is 10.7. The Balaban J connectivity index is 2.31. The van der Waals surface area contributed by atoms with E-state index in [0.717, 1.165) is 21.3 Å². The summed E-state index contributed by atoms with van der Waals surface area (Å²) in [6.07, 6.45) is 0.519. The SMILES string of the molecule is COc1ccc(OC)c2c(OC)c(Cc3nnc(N)s3)cc(OC)c12. The average molecular weight is 361 g/mol. The van der Waals surface area contributed by atoms with Crippen molar-refractivity contribution < 1.29 is 18.9 Å². The van der Waals surface area contributed by atoms with E-state index in [1.54, 1.807) is 28.4 Å². The minimum atomic E-state index is 0.431. The van der Waals surface area contributed by atoms with Gasteiger partial charge in [0.1, 0.15) is 28.0 Å². The van der Waals surface area contributed by atoms with Gasteiger partial charge >= 0.3 is 0 Å². The van der Waals surface area contributed by atoms with Crippen LogP contribution >= 0.6 is 11.3 Å². The van der Waals surface area contributed by atoms with Crippen LogP contribution in [0.15, 0.2) is 18.2 Å². The third-order valence-electron chi connectivity index (χ3n) is 3.89. The molecule has 3 rings (SSSR count). The van der Waals surface area contributed by atoms with Crippen molar-refractivity contribution in [2.24, 2.45) is 0 Å². The lowest BCUT2D eigenvalue weighted by Gasteiger charge is -2.18. The van der Waals surface area contributed by atoms with E-state index in [-0.39, 0.29) is 0 Å². The molecule has 1 heterocycles. The summed E-state index contributed by atoms with van der Waals surface area (Å²) >= 11 is 1.34. The maximum Gasteiger partial charge on any atom is 0.203 e. The number of fused-ring (bicyclic) bond motifs is 1. The molecule has 0 bridgehead atoms. The minimum absolute atomic E-state index is 0.431. The van der Waals surface area contributed by atoms with Crippen LogP contribution in [0.25, 0.3) is 10.8 Å². The molecule has 0 spiro atoms. The zero-order valence-corrected chi connectivity index (χ0v) is 15.3. The zero-order chi connectivity index (χ0) is 18.0. The van der Waals surface area contributed by atoms with Crippen LogP contribution in [0.2, 0.25) is 0 Å². The summed E-state index contributed by atoms with van der Waals surface area (Å²) in [5, 5.41) is 10.8. The third kappa shape index (κ3) is 3.00. The van der Waals surface area contributed by atoms with Gasteiger partial charge in [-0.3, -0.25) is 0 Å². The molecule has 0 radical (unpaired) electrons. The lowest BCUT2D eigenvalue weighted by molar-refractivity contribution is 0.390. The fourth-order valence-electron chi connectivity index (χ4n) is 2.86. The van der Waals surface area contributed by atoms with E-state index in [1.165, 1.54) is 11.3 Å². The molecular weight excluding hydrogens is 342 g/mol. The van der Waals surface area contributed by atoms with Crippen LogP contribution in [0.5, 0.6) is 23.0 Å². The highest BCUT2D eigenvalue weighted by atomic mass is 32.1. The van der Waals surface area contributed by atoms with Crippen molar-refractivity contribution in [3.8, 4) is 23.0 Å². The fraction of sp³-hybridized carbons (Fsp3) is 0.294. The van der Waals surface area contributed by atoms with Crippen LogP contribution in [0, 0.1) is 0 Å². The molecule has 0 aliphatic heterocycles. The Kier molecular flexibility index (Phi) is 4.80. The van der Waals surface area contributed by atoms with Gasteiger partial charge in [-0.05, 0) is 18.2 Å². The van der Waals surface area contributed by atoms with Crippen molar-refractivity contribution in [1.29, 1.82) is 0 Å². The van der Waals surface area contributed by atoms with E-state index in [2.05, 4.69) is 10.2 Å². The number of anilines is 1. The van der Waals surface area contributed by atoms with E-state index >= 15 is 0 Å². The molecule has 132 valence electrons. The molecule has 7 nitrogen and oxygen atoms in total. The van der Waals surface area contributed by atoms with Gasteiger partial charge in [-0.15, -0.1) is 10.2 Å². The maximum absolute atomic E-state index is 5.71. The summed E-state index contributed by atoms with van der Waals surface area (Å²) in [5.41, 5.74) is 6.58. The summed E-state index contributed by atoms with van der Waals surface area (Å²) in [4.78, 5) is 0. The lowest BCUT2D eigenvalue weighted by atomic mass is 10.0. The van der Waals surface area contributed by atoms with Crippen LogP contribution in [0.3, 0.4) is 0 Å². The predicted octanol–water partition coefficient (Wildman–Crippen LogP) is 2.90. The van der Waals surface area contributed by atoms with Crippen LogP contribution in [-0.4, -0.2) is 38.6 Å². The van der Waals surface area contributed by atoms with E-state index in [9.17, 15) is 0 Å². The first kappa shape index (κ1) is 17.1. The van der Waals surface area contributed by atoms with Gasteiger partial charge < -0.3 is 24.7 Å². The lowest BCUT2D eigenvalue weighted by Crippen LogP contribution is -2.00. The van der Waals surface area contributed by atoms with E-state index < -0.39 is 0 Å². The second kappa shape index (κ2) is 7.02. The van der Waals surface area contributed by atoms with Crippen LogP contribution in [0.1, 0.15) is 10.6 Å². The molecule has 3 aromatic rings. The molecule has 1 aromatic heterocycles. The summed E-state index contributed by atoms with van der Waals surface area (Å²) in [6.45, 7) is 0. The molecule has 0 fully saturated rings. The standard InChI is InChI=1S/C17H19N3O4S/c1-21-10-5-6-11(22-2)15-14(10)12(23-3)7-9(16(15)24-4)8-13-19-20-17(18)25-13/h5-7H,8H2,1-4H3,(H2,18,20). The first-order valence-electron chi connectivity index (χ1n) is 7.49. The van der Waals surface area contributed by atoms with Crippen molar-refractivity contribution in [2.45, 2.75) is 6.42 Å². The molecule has 0 atom stereocenters. The summed E-state index contributed by atoms with van der Waals surface area (Å²) in [6, 6.07) is 5.60. The molecule has 2 N–H and O–H groups in total. The van der Waals surface area contributed by atoms with Gasteiger partial charge in [0, 0.05) is 12.0 Å². The monoisotopic (exact) mass is 361 g/mol. The number of hydrogen-bond acceptors (Lipinski definition) is 8. The number of methoxy groups -OCH3 is 4. The Morgan fingerprint density at radius 3 is 2.04 bits per heavy atom. The Bertz CT molecular complexity index is 911. The predicted molar refractivity (Wildman–Crippen MR) is 97.3 cm³/mol. The highest BCUT2D eigenvalue weighted by Crippen LogP contribution is 2.46. The number of aromatic nitrogens is 2. The number of benzene rings is 2. The van der Waals surface area contributed by atoms with Crippen molar-refractivity contribution in [3.63, 3.8) is 0 Å². The maximum atomic E-state index is 5.71. The third-order valence-corrected chi connectivity index (χ3v) is 4.64. The van der Waals surface area contributed by atoms with Crippen molar-refractivity contribution in [2.75, 3.05) is 34.2 Å². The smallest absolute Gasteiger partial charge is 0.203 e. The van der Waals surface area contributed by atoms with Crippen LogP contribution < -0.4 is 24.7 Å². The number of nitrogen functional groups attached to an aromatic ring is 1. The summed E-state index contributed by atoms with van der Waals surface area (Å²) in [5.74, 6) is 2.70. The van der Waals surface area contributed by atoms with E-state index in [1.807, 2.05) is 18.2 Å². The highest BCUT2D eigenvalue weighted by molar-refractivity contribution is 7.15. The topological polar surface area (TPSA) is 88.7 Å². The van der Waals surface area contributed by atoms with Crippen LogP contribution in [-0.2, 0) is 6.42 Å². The number of rotatable bonds is 6. The second-order valence-electron chi connectivity index (χ2n) is 5.20. The van der Waals surface area contributed by atoms with Gasteiger partial charge in [0.15, 0.2) is 0 Å². The Morgan fingerprint density at radius 1 is 0.880 bits per heavy atom. The molecule has 0 saturated heterocycles. The van der Waals surface area contributed by atoms with Crippen molar-refractivity contribution in [1.82, 2.24) is 10.2 Å². The first-order valence-corrected chi connectivity index (χ1v) is 8.31. The molecule has 0 aliphatic carbocycles. The van der Waals surface area contributed by atoms with Gasteiger partial charge in [-0.1, -0.05) is 11.3 Å². The van der Waals surface area contributed by atoms with Crippen molar-refractivity contribution >= 4 is 27.2 Å². The molecule has 8 heteroatoms. The second-order valence-corrected chi connectivity index (χ2v) is 6.30. The number of hydrogen-bond donors (Lipinski definition) is 1. The molecule has 0 amide bonds. The largest absolute Gasteiger partial charge is 0.496 e. The van der Waals surface area contributed by atoms with E-state index in [0.29, 0.717) is 34.6 Å². The quantitative estimate of drug-likeness (QED) is 0.722. The molecule has 0 aliphatic rings. The number of nitrogens with two attached hydrogens (primary N) is 1.